The second kappa shape index (κ2) is 4.19. The number of carbonyl (C=O) groups is 1. The van der Waals surface area contributed by atoms with Gasteiger partial charge in [0.15, 0.2) is 0 Å². The van der Waals surface area contributed by atoms with E-state index in [0.29, 0.717) is 12.0 Å². The van der Waals surface area contributed by atoms with Crippen LogP contribution in [-0.2, 0) is 7.80 Å². The van der Waals surface area contributed by atoms with Gasteiger partial charge in [-0.2, -0.15) is 0 Å². The summed E-state index contributed by atoms with van der Waals surface area (Å²) in [6.45, 7) is 2.88. The van der Waals surface area contributed by atoms with Gasteiger partial charge < -0.3 is 7.80 Å². The van der Waals surface area contributed by atoms with E-state index in [1.165, 1.54) is 25.7 Å². The Morgan fingerprint density at radius 2 is 1.88 bits per heavy atom. The van der Waals surface area contributed by atoms with E-state index in [1.54, 1.807) is 22.6 Å². The van der Waals surface area contributed by atoms with Crippen molar-refractivity contribution in [3.05, 3.63) is 0 Å². The third-order valence-electron chi connectivity index (χ3n) is 5.11. The topological polar surface area (TPSA) is 35.5 Å². The molecule has 3 aliphatic carbocycles. The van der Waals surface area contributed by atoms with Gasteiger partial charge in [-0.3, -0.25) is 0 Å². The molecule has 0 radical (unpaired) electrons. The van der Waals surface area contributed by atoms with Crippen molar-refractivity contribution >= 4 is 49.6 Å². The molecule has 0 aromatic heterocycles. The van der Waals surface area contributed by atoms with Crippen LogP contribution in [0.2, 0.25) is 0 Å². The first-order valence-corrected chi connectivity index (χ1v) is 8.06. The molecule has 3 nitrogen and oxygen atoms in total. The van der Waals surface area contributed by atoms with E-state index in [9.17, 15) is 4.79 Å². The van der Waals surface area contributed by atoms with Crippen molar-refractivity contribution < 1.29 is 12.6 Å². The highest BCUT2D eigenvalue weighted by Gasteiger charge is 2.68. The summed E-state index contributed by atoms with van der Waals surface area (Å²) in [5.74, 6) is 2.41. The van der Waals surface area contributed by atoms with Crippen molar-refractivity contribution in [1.82, 2.24) is 0 Å². The number of hydrogen-bond acceptors (Lipinski definition) is 3. The predicted octanol–water partition coefficient (Wildman–Crippen LogP) is 4.12. The largest absolute Gasteiger partial charge is 0.458 e. The van der Waals surface area contributed by atoms with Crippen molar-refractivity contribution in [2.75, 3.05) is 6.61 Å². The van der Waals surface area contributed by atoms with E-state index in [1.807, 2.05) is 0 Å². The highest BCUT2D eigenvalue weighted by Crippen LogP contribution is 2.73. The highest BCUT2D eigenvalue weighted by molar-refractivity contribution is 14.1. The first-order chi connectivity index (χ1) is 7.98. The molecule has 3 aliphatic rings. The summed E-state index contributed by atoms with van der Waals surface area (Å²) >= 11 is 3.77. The number of hydrogen-bond donors (Lipinski definition) is 0. The summed E-state index contributed by atoms with van der Waals surface area (Å²) in [4.78, 5) is 10.9. The smallest absolute Gasteiger partial charge is 0.367 e. The Morgan fingerprint density at radius 3 is 2.35 bits per heavy atom. The van der Waals surface area contributed by atoms with Crippen molar-refractivity contribution in [3.8, 4) is 0 Å². The standard InChI is InChI=1S/C12H16I2O3/c1-11(17-14)2-7-4-12(6-16-10(13)15)5-8(3-11)9(7)12/h7-9H,2-6H2,1H3. The van der Waals surface area contributed by atoms with Gasteiger partial charge in [-0.1, -0.05) is 0 Å². The lowest BCUT2D eigenvalue weighted by Crippen LogP contribution is -2.68. The van der Waals surface area contributed by atoms with E-state index < -0.39 is 0 Å². The minimum atomic E-state index is -0.167. The molecule has 2 atom stereocenters. The second-order valence-corrected chi connectivity index (χ2v) is 7.60. The quantitative estimate of drug-likeness (QED) is 0.468. The molecule has 0 saturated heterocycles. The molecule has 0 spiro atoms. The first kappa shape index (κ1) is 12.9. The van der Waals surface area contributed by atoms with E-state index >= 15 is 0 Å². The van der Waals surface area contributed by atoms with Gasteiger partial charge in [-0.05, 0) is 50.4 Å². The molecule has 3 saturated carbocycles. The minimum Gasteiger partial charge on any atom is -0.458 e. The molecule has 0 bridgehead atoms. The van der Waals surface area contributed by atoms with Crippen molar-refractivity contribution in [2.45, 2.75) is 38.2 Å². The number of ether oxygens (including phenoxy) is 1. The molecule has 0 amide bonds. The normalized spacial score (nSPS) is 50.9. The minimum absolute atomic E-state index is 0.0823. The molecule has 0 aliphatic heterocycles. The van der Waals surface area contributed by atoms with E-state index in [2.05, 4.69) is 29.9 Å². The van der Waals surface area contributed by atoms with Gasteiger partial charge in [0.2, 0.25) is 0 Å². The Labute approximate surface area is 129 Å². The third kappa shape index (κ3) is 1.94. The van der Waals surface area contributed by atoms with Crippen molar-refractivity contribution in [2.24, 2.45) is 23.2 Å². The van der Waals surface area contributed by atoms with Gasteiger partial charge in [-0.25, -0.2) is 4.79 Å². The van der Waals surface area contributed by atoms with Crippen LogP contribution >= 0.6 is 45.6 Å². The Kier molecular flexibility index (Phi) is 3.18. The monoisotopic (exact) mass is 462 g/mol. The Bertz CT molecular complexity index is 342. The molecule has 3 rings (SSSR count). The number of carbonyl (C=O) groups excluding carboxylic acids is 1. The molecule has 96 valence electrons. The fraction of sp³-hybridized carbons (Fsp3) is 0.917. The van der Waals surface area contributed by atoms with E-state index in [-0.39, 0.29) is 9.58 Å². The van der Waals surface area contributed by atoms with E-state index in [0.717, 1.165) is 17.8 Å². The summed E-state index contributed by atoms with van der Waals surface area (Å²) in [6.07, 6.45) is 4.81. The molecule has 0 N–H and O–H groups in total. The summed E-state index contributed by atoms with van der Waals surface area (Å²) in [5.41, 5.74) is 0.432. The van der Waals surface area contributed by atoms with Crippen LogP contribution in [0.4, 0.5) is 4.79 Å². The zero-order valence-corrected chi connectivity index (χ0v) is 14.1. The number of rotatable bonds is 3. The van der Waals surface area contributed by atoms with Gasteiger partial charge in [0, 0.05) is 5.41 Å². The Hall–Kier alpha value is 0.890. The van der Waals surface area contributed by atoms with Crippen LogP contribution < -0.4 is 0 Å². The zero-order valence-electron chi connectivity index (χ0n) is 9.75. The average molecular weight is 462 g/mol. The van der Waals surface area contributed by atoms with Crippen LogP contribution in [0.5, 0.6) is 0 Å². The molecule has 17 heavy (non-hydrogen) atoms. The maximum absolute atomic E-state index is 10.9. The lowest BCUT2D eigenvalue weighted by atomic mass is 9.34. The first-order valence-electron chi connectivity index (χ1n) is 6.10. The fourth-order valence-corrected chi connectivity index (χ4v) is 5.30. The molecule has 3 fully saturated rings. The van der Waals surface area contributed by atoms with Crippen LogP contribution in [0.3, 0.4) is 0 Å². The fourth-order valence-electron chi connectivity index (χ4n) is 4.79. The third-order valence-corrected chi connectivity index (χ3v) is 6.48. The molecular weight excluding hydrogens is 446 g/mol. The molecular formula is C12H16I2O3. The maximum Gasteiger partial charge on any atom is 0.367 e. The molecule has 2 unspecified atom stereocenters. The summed E-state index contributed by atoms with van der Waals surface area (Å²) in [6, 6.07) is 0. The lowest BCUT2D eigenvalue weighted by Gasteiger charge is -2.71. The molecule has 5 heteroatoms. The Balaban J connectivity index is 1.64. The van der Waals surface area contributed by atoms with Crippen molar-refractivity contribution in [3.63, 3.8) is 0 Å². The zero-order chi connectivity index (χ0) is 12.3. The van der Waals surface area contributed by atoms with Crippen LogP contribution in [0.25, 0.3) is 0 Å². The molecule has 0 aromatic rings. The van der Waals surface area contributed by atoms with Gasteiger partial charge in [0.1, 0.15) is 23.0 Å². The van der Waals surface area contributed by atoms with Crippen LogP contribution in [0.15, 0.2) is 0 Å². The van der Waals surface area contributed by atoms with Gasteiger partial charge in [0.05, 0.1) is 34.8 Å². The Morgan fingerprint density at radius 1 is 1.29 bits per heavy atom. The van der Waals surface area contributed by atoms with Crippen LogP contribution in [-0.4, -0.2) is 16.2 Å². The predicted molar refractivity (Wildman–Crippen MR) is 80.2 cm³/mol. The van der Waals surface area contributed by atoms with Crippen LogP contribution in [0, 0.1) is 23.2 Å². The second-order valence-electron chi connectivity index (χ2n) is 6.28. The lowest BCUT2D eigenvalue weighted by molar-refractivity contribution is -0.250. The molecule has 0 heterocycles. The highest BCUT2D eigenvalue weighted by atomic mass is 127. The SMILES string of the molecule is CC1(OI)CC2CC3(COC(=O)I)CC(C1)C23. The van der Waals surface area contributed by atoms with Crippen LogP contribution in [0.1, 0.15) is 32.6 Å². The average Bonchev–Trinajstić information content (AvgIpc) is 2.20. The number of halogens is 2. The maximum atomic E-state index is 10.9. The van der Waals surface area contributed by atoms with Gasteiger partial charge in [-0.15, -0.1) is 0 Å². The van der Waals surface area contributed by atoms with E-state index in [4.69, 9.17) is 7.80 Å². The summed E-state index contributed by atoms with van der Waals surface area (Å²) < 4.78 is 10.7. The molecule has 0 aromatic carbocycles. The van der Waals surface area contributed by atoms with Gasteiger partial charge in [0.25, 0.3) is 0 Å². The van der Waals surface area contributed by atoms with Crippen molar-refractivity contribution in [1.29, 1.82) is 0 Å². The summed E-state index contributed by atoms with van der Waals surface area (Å²) in [7, 11) is 0. The summed E-state index contributed by atoms with van der Waals surface area (Å²) in [5, 5.41) is 0. The van der Waals surface area contributed by atoms with Gasteiger partial charge >= 0.3 is 3.98 Å².